The van der Waals surface area contributed by atoms with Crippen LogP contribution in [0.25, 0.3) is 0 Å². The minimum Gasteiger partial charge on any atom is -0.493 e. The molecule has 1 aliphatic carbocycles. The van der Waals surface area contributed by atoms with Crippen LogP contribution in [-0.2, 0) is 24.1 Å². The second kappa shape index (κ2) is 8.24. The number of ether oxygens (including phenoxy) is 2. The Morgan fingerprint density at radius 3 is 2.74 bits per heavy atom. The van der Waals surface area contributed by atoms with Gasteiger partial charge in [0, 0.05) is 12.6 Å². The lowest BCUT2D eigenvalue weighted by Crippen LogP contribution is -2.38. The minimum absolute atomic E-state index is 0.219. The number of carbonyl (C=O) groups excluding carboxylic acids is 1. The number of fused-ring (bicyclic) bond motifs is 1. The molecule has 0 saturated carbocycles. The van der Waals surface area contributed by atoms with E-state index >= 15 is 0 Å². The third-order valence-electron chi connectivity index (χ3n) is 4.89. The predicted octanol–water partition coefficient (Wildman–Crippen LogP) is 1.67. The maximum atomic E-state index is 12.5. The molecule has 7 nitrogen and oxygen atoms in total. The second-order valence-electron chi connectivity index (χ2n) is 6.66. The van der Waals surface area contributed by atoms with Crippen molar-refractivity contribution >= 4 is 5.91 Å². The molecule has 0 bridgehead atoms. The second-order valence-corrected chi connectivity index (χ2v) is 6.66. The summed E-state index contributed by atoms with van der Waals surface area (Å²) >= 11 is 0. The van der Waals surface area contributed by atoms with Crippen LogP contribution in [0, 0.1) is 0 Å². The number of methoxy groups -OCH3 is 2. The van der Waals surface area contributed by atoms with Crippen LogP contribution in [-0.4, -0.2) is 36.5 Å². The number of aromatic nitrogens is 2. The Hall–Kier alpha value is -2.83. The highest BCUT2D eigenvalue weighted by Gasteiger charge is 2.21. The molecule has 7 heteroatoms. The van der Waals surface area contributed by atoms with Gasteiger partial charge in [-0.05, 0) is 55.9 Å². The van der Waals surface area contributed by atoms with Crippen LogP contribution in [0.15, 0.2) is 29.1 Å². The summed E-state index contributed by atoms with van der Waals surface area (Å²) in [5.41, 5.74) is 2.74. The van der Waals surface area contributed by atoms with Crippen molar-refractivity contribution in [3.8, 4) is 11.5 Å². The van der Waals surface area contributed by atoms with Gasteiger partial charge in [-0.2, -0.15) is 5.10 Å². The molecule has 1 amide bonds. The SMILES string of the molecule is COc1ccc(CCNC(=O)[C@@H](C)n2nc3c(cc2=O)CCC3)cc1OC. The van der Waals surface area contributed by atoms with Gasteiger partial charge in [0.15, 0.2) is 11.5 Å². The molecule has 0 aliphatic heterocycles. The average Bonchev–Trinajstić information content (AvgIpc) is 3.13. The van der Waals surface area contributed by atoms with E-state index < -0.39 is 6.04 Å². The molecule has 1 heterocycles. The van der Waals surface area contributed by atoms with E-state index in [0.29, 0.717) is 24.5 Å². The van der Waals surface area contributed by atoms with Crippen molar-refractivity contribution in [2.75, 3.05) is 20.8 Å². The topological polar surface area (TPSA) is 82.5 Å². The molecular weight excluding hydrogens is 346 g/mol. The molecule has 1 aromatic carbocycles. The fourth-order valence-electron chi connectivity index (χ4n) is 3.32. The maximum Gasteiger partial charge on any atom is 0.267 e. The third kappa shape index (κ3) is 4.13. The predicted molar refractivity (Wildman–Crippen MR) is 101 cm³/mol. The maximum absolute atomic E-state index is 12.5. The Kier molecular flexibility index (Phi) is 5.78. The first kappa shape index (κ1) is 18.9. The lowest BCUT2D eigenvalue weighted by molar-refractivity contribution is -0.124. The molecule has 1 aromatic heterocycles. The van der Waals surface area contributed by atoms with Gasteiger partial charge in [-0.25, -0.2) is 4.68 Å². The van der Waals surface area contributed by atoms with Gasteiger partial charge in [0.05, 0.1) is 19.9 Å². The van der Waals surface area contributed by atoms with Crippen LogP contribution >= 0.6 is 0 Å². The zero-order valence-electron chi connectivity index (χ0n) is 15.9. The zero-order chi connectivity index (χ0) is 19.4. The van der Waals surface area contributed by atoms with Crippen molar-refractivity contribution in [2.45, 2.75) is 38.6 Å². The van der Waals surface area contributed by atoms with Gasteiger partial charge in [0.2, 0.25) is 5.91 Å². The van der Waals surface area contributed by atoms with Crippen LogP contribution in [0.4, 0.5) is 0 Å². The Bertz CT molecular complexity index is 891. The number of hydrogen-bond acceptors (Lipinski definition) is 5. The molecule has 0 unspecified atom stereocenters. The largest absolute Gasteiger partial charge is 0.493 e. The molecule has 27 heavy (non-hydrogen) atoms. The van der Waals surface area contributed by atoms with Crippen LogP contribution in [0.5, 0.6) is 11.5 Å². The van der Waals surface area contributed by atoms with Crippen LogP contribution < -0.4 is 20.3 Å². The molecule has 1 atom stereocenters. The van der Waals surface area contributed by atoms with E-state index in [1.807, 2.05) is 18.2 Å². The van der Waals surface area contributed by atoms with Crippen molar-refractivity contribution in [1.29, 1.82) is 0 Å². The Labute approximate surface area is 158 Å². The summed E-state index contributed by atoms with van der Waals surface area (Å²) in [5, 5.41) is 7.27. The lowest BCUT2D eigenvalue weighted by atomic mass is 10.1. The van der Waals surface area contributed by atoms with Crippen molar-refractivity contribution in [1.82, 2.24) is 15.1 Å². The Balaban J connectivity index is 1.60. The Morgan fingerprint density at radius 1 is 1.22 bits per heavy atom. The summed E-state index contributed by atoms with van der Waals surface area (Å²) in [4.78, 5) is 24.7. The molecule has 0 fully saturated rings. The molecule has 3 rings (SSSR count). The van der Waals surface area contributed by atoms with E-state index in [1.165, 1.54) is 4.68 Å². The van der Waals surface area contributed by atoms with Gasteiger partial charge < -0.3 is 14.8 Å². The number of nitrogens with zero attached hydrogens (tertiary/aromatic N) is 2. The van der Waals surface area contributed by atoms with Crippen molar-refractivity contribution in [2.24, 2.45) is 0 Å². The molecule has 2 aromatic rings. The molecule has 1 N–H and O–H groups in total. The quantitative estimate of drug-likeness (QED) is 0.801. The fourth-order valence-corrected chi connectivity index (χ4v) is 3.32. The highest BCUT2D eigenvalue weighted by molar-refractivity contribution is 5.79. The fraction of sp³-hybridized carbons (Fsp3) is 0.450. The number of amides is 1. The third-order valence-corrected chi connectivity index (χ3v) is 4.89. The van der Waals surface area contributed by atoms with Gasteiger partial charge in [-0.1, -0.05) is 6.07 Å². The van der Waals surface area contributed by atoms with Gasteiger partial charge in [0.1, 0.15) is 6.04 Å². The normalized spacial score (nSPS) is 13.7. The van der Waals surface area contributed by atoms with Gasteiger partial charge in [0.25, 0.3) is 5.56 Å². The molecule has 1 aliphatic rings. The van der Waals surface area contributed by atoms with Gasteiger partial charge in [-0.3, -0.25) is 9.59 Å². The first-order chi connectivity index (χ1) is 13.0. The summed E-state index contributed by atoms with van der Waals surface area (Å²) in [7, 11) is 3.18. The average molecular weight is 371 g/mol. The highest BCUT2D eigenvalue weighted by atomic mass is 16.5. The summed E-state index contributed by atoms with van der Waals surface area (Å²) in [6.07, 6.45) is 3.41. The van der Waals surface area contributed by atoms with Crippen molar-refractivity contribution in [3.05, 3.63) is 51.4 Å². The van der Waals surface area contributed by atoms with E-state index in [1.54, 1.807) is 27.2 Å². The number of carbonyl (C=O) groups is 1. The number of benzene rings is 1. The number of aryl methyl sites for hydroxylation is 2. The molecule has 0 saturated heterocycles. The summed E-state index contributed by atoms with van der Waals surface area (Å²) in [6, 6.07) is 6.63. The van der Waals surface area contributed by atoms with E-state index in [4.69, 9.17) is 9.47 Å². The van der Waals surface area contributed by atoms with Gasteiger partial charge >= 0.3 is 0 Å². The summed E-state index contributed by atoms with van der Waals surface area (Å²) in [6.45, 7) is 2.15. The Morgan fingerprint density at radius 2 is 2.00 bits per heavy atom. The van der Waals surface area contributed by atoms with Crippen LogP contribution in [0.3, 0.4) is 0 Å². The smallest absolute Gasteiger partial charge is 0.267 e. The first-order valence-electron chi connectivity index (χ1n) is 9.13. The van der Waals surface area contributed by atoms with Crippen LogP contribution in [0.2, 0.25) is 0 Å². The molecule has 0 radical (unpaired) electrons. The van der Waals surface area contributed by atoms with Crippen LogP contribution in [0.1, 0.15) is 36.2 Å². The number of hydrogen-bond donors (Lipinski definition) is 1. The lowest BCUT2D eigenvalue weighted by Gasteiger charge is -2.15. The van der Waals surface area contributed by atoms with E-state index in [0.717, 1.165) is 36.1 Å². The number of rotatable bonds is 7. The van der Waals surface area contributed by atoms with Gasteiger partial charge in [-0.15, -0.1) is 0 Å². The number of nitrogens with one attached hydrogen (secondary N) is 1. The van der Waals surface area contributed by atoms with E-state index in [9.17, 15) is 9.59 Å². The molecule has 144 valence electrons. The minimum atomic E-state index is -0.645. The highest BCUT2D eigenvalue weighted by Crippen LogP contribution is 2.27. The molecule has 0 spiro atoms. The first-order valence-corrected chi connectivity index (χ1v) is 9.13. The van der Waals surface area contributed by atoms with Crippen molar-refractivity contribution in [3.63, 3.8) is 0 Å². The van der Waals surface area contributed by atoms with E-state index in [-0.39, 0.29) is 11.5 Å². The standard InChI is InChI=1S/C20H25N3O4/c1-13(23-19(24)12-15-5-4-6-16(15)22-23)20(25)21-10-9-14-7-8-17(26-2)18(11-14)27-3/h7-8,11-13H,4-6,9-10H2,1-3H3,(H,21,25)/t13-/m1/s1. The monoisotopic (exact) mass is 371 g/mol. The summed E-state index contributed by atoms with van der Waals surface area (Å²) in [5.74, 6) is 1.10. The zero-order valence-corrected chi connectivity index (χ0v) is 15.9. The summed E-state index contributed by atoms with van der Waals surface area (Å²) < 4.78 is 11.8. The van der Waals surface area contributed by atoms with E-state index in [2.05, 4.69) is 10.4 Å². The van der Waals surface area contributed by atoms with Crippen molar-refractivity contribution < 1.29 is 14.3 Å². The molecular formula is C20H25N3O4.